The van der Waals surface area contributed by atoms with E-state index >= 15 is 0 Å². The van der Waals surface area contributed by atoms with Crippen LogP contribution in [0.4, 0.5) is 5.69 Å². The number of carbonyl (C=O) groups is 1. The molecule has 1 amide bonds. The third kappa shape index (κ3) is 3.27. The van der Waals surface area contributed by atoms with Gasteiger partial charge < -0.3 is 9.64 Å². The van der Waals surface area contributed by atoms with E-state index < -0.39 is 10.0 Å². The van der Waals surface area contributed by atoms with Gasteiger partial charge in [-0.1, -0.05) is 0 Å². The predicted octanol–water partition coefficient (Wildman–Crippen LogP) is 1.23. The molecule has 0 aromatic heterocycles. The minimum atomic E-state index is -3.52. The molecule has 0 aliphatic carbocycles. The number of amides is 1. The molecule has 126 valence electrons. The van der Waals surface area contributed by atoms with E-state index in [1.54, 1.807) is 19.2 Å². The average molecular weight is 338 g/mol. The highest BCUT2D eigenvalue weighted by molar-refractivity contribution is 7.89. The van der Waals surface area contributed by atoms with Crippen LogP contribution in [0.15, 0.2) is 17.0 Å². The maximum Gasteiger partial charge on any atom is 0.240 e. The zero-order valence-electron chi connectivity index (χ0n) is 13.3. The molecule has 1 aromatic carbocycles. The SMILES string of the molecule is COCCCNS(=O)(=O)c1cc2c3c(c1)CCC(=O)N3CCC2. The van der Waals surface area contributed by atoms with Crippen molar-refractivity contribution in [1.82, 2.24) is 4.72 Å². The number of carbonyl (C=O) groups excluding carboxylic acids is 1. The first-order valence-corrected chi connectivity index (χ1v) is 9.46. The van der Waals surface area contributed by atoms with Gasteiger partial charge >= 0.3 is 0 Å². The van der Waals surface area contributed by atoms with Gasteiger partial charge in [-0.3, -0.25) is 4.79 Å². The summed E-state index contributed by atoms with van der Waals surface area (Å²) in [6, 6.07) is 3.45. The van der Waals surface area contributed by atoms with Crippen LogP contribution in [-0.2, 0) is 32.4 Å². The Balaban J connectivity index is 1.89. The van der Waals surface area contributed by atoms with Crippen molar-refractivity contribution >= 4 is 21.6 Å². The average Bonchev–Trinajstić information content (AvgIpc) is 2.55. The first-order valence-electron chi connectivity index (χ1n) is 7.97. The molecule has 0 radical (unpaired) electrons. The van der Waals surface area contributed by atoms with Gasteiger partial charge in [0.05, 0.1) is 10.6 Å². The molecule has 3 rings (SSSR count). The lowest BCUT2D eigenvalue weighted by molar-refractivity contribution is -0.119. The summed E-state index contributed by atoms with van der Waals surface area (Å²) in [7, 11) is -1.93. The standard InChI is InChI=1S/C16H22N2O4S/c1-22-9-3-7-17-23(20,21)14-10-12-4-2-8-18-15(19)6-5-13(11-14)16(12)18/h10-11,17H,2-9H2,1H3. The number of nitrogens with zero attached hydrogens (tertiary/aromatic N) is 1. The number of anilines is 1. The highest BCUT2D eigenvalue weighted by atomic mass is 32.2. The number of rotatable bonds is 6. The van der Waals surface area contributed by atoms with E-state index in [0.29, 0.717) is 37.3 Å². The van der Waals surface area contributed by atoms with Crippen molar-refractivity contribution in [2.75, 3.05) is 31.7 Å². The van der Waals surface area contributed by atoms with Gasteiger partial charge in [-0.15, -0.1) is 0 Å². The summed E-state index contributed by atoms with van der Waals surface area (Å²) < 4.78 is 32.5. The predicted molar refractivity (Wildman–Crippen MR) is 87.1 cm³/mol. The van der Waals surface area contributed by atoms with Gasteiger partial charge in [0, 0.05) is 33.2 Å². The Morgan fingerprint density at radius 3 is 2.70 bits per heavy atom. The number of hydrogen-bond donors (Lipinski definition) is 1. The number of methoxy groups -OCH3 is 1. The second kappa shape index (κ2) is 6.59. The lowest BCUT2D eigenvalue weighted by atomic mass is 9.92. The monoisotopic (exact) mass is 338 g/mol. The van der Waals surface area contributed by atoms with Gasteiger partial charge in [-0.25, -0.2) is 13.1 Å². The van der Waals surface area contributed by atoms with Crippen molar-refractivity contribution < 1.29 is 17.9 Å². The number of hydrogen-bond acceptors (Lipinski definition) is 4. The molecular formula is C16H22N2O4S. The summed E-state index contributed by atoms with van der Waals surface area (Å²) in [5.41, 5.74) is 2.89. The second-order valence-electron chi connectivity index (χ2n) is 5.98. The minimum absolute atomic E-state index is 0.145. The van der Waals surface area contributed by atoms with Crippen LogP contribution in [-0.4, -0.2) is 41.1 Å². The molecule has 1 N–H and O–H groups in total. The quantitative estimate of drug-likeness (QED) is 0.792. The zero-order valence-corrected chi connectivity index (χ0v) is 14.1. The van der Waals surface area contributed by atoms with E-state index in [9.17, 15) is 13.2 Å². The van der Waals surface area contributed by atoms with E-state index in [-0.39, 0.29) is 5.91 Å². The number of benzene rings is 1. The summed E-state index contributed by atoms with van der Waals surface area (Å²) in [6.45, 7) is 1.61. The highest BCUT2D eigenvalue weighted by Crippen LogP contribution is 2.37. The van der Waals surface area contributed by atoms with Gasteiger partial charge in [0.15, 0.2) is 0 Å². The molecule has 0 saturated heterocycles. The van der Waals surface area contributed by atoms with Crippen LogP contribution in [0.2, 0.25) is 0 Å². The first-order chi connectivity index (χ1) is 11.0. The molecule has 7 heteroatoms. The van der Waals surface area contributed by atoms with Crippen molar-refractivity contribution in [2.24, 2.45) is 0 Å². The largest absolute Gasteiger partial charge is 0.385 e. The lowest BCUT2D eigenvalue weighted by Crippen LogP contribution is -2.39. The molecule has 0 bridgehead atoms. The number of nitrogens with one attached hydrogen (secondary N) is 1. The molecule has 0 fully saturated rings. The van der Waals surface area contributed by atoms with Crippen LogP contribution < -0.4 is 9.62 Å². The van der Waals surface area contributed by atoms with Crippen molar-refractivity contribution in [3.05, 3.63) is 23.3 Å². The van der Waals surface area contributed by atoms with E-state index in [2.05, 4.69) is 4.72 Å². The molecule has 2 aliphatic heterocycles. The Morgan fingerprint density at radius 1 is 1.22 bits per heavy atom. The van der Waals surface area contributed by atoms with Gasteiger partial charge in [-0.2, -0.15) is 0 Å². The van der Waals surface area contributed by atoms with Crippen LogP contribution >= 0.6 is 0 Å². The molecule has 6 nitrogen and oxygen atoms in total. The number of sulfonamides is 1. The Bertz CT molecular complexity index is 698. The summed E-state index contributed by atoms with van der Waals surface area (Å²) in [5, 5.41) is 0. The maximum absolute atomic E-state index is 12.5. The van der Waals surface area contributed by atoms with E-state index in [1.807, 2.05) is 4.90 Å². The van der Waals surface area contributed by atoms with Gasteiger partial charge in [0.2, 0.25) is 15.9 Å². The molecule has 0 saturated carbocycles. The molecule has 0 atom stereocenters. The number of ether oxygens (including phenoxy) is 1. The Morgan fingerprint density at radius 2 is 1.96 bits per heavy atom. The highest BCUT2D eigenvalue weighted by Gasteiger charge is 2.31. The first kappa shape index (κ1) is 16.4. The van der Waals surface area contributed by atoms with Gasteiger partial charge in [-0.05, 0) is 48.9 Å². The third-order valence-electron chi connectivity index (χ3n) is 4.38. The topological polar surface area (TPSA) is 75.7 Å². The van der Waals surface area contributed by atoms with Crippen molar-refractivity contribution in [3.8, 4) is 0 Å². The smallest absolute Gasteiger partial charge is 0.240 e. The molecular weight excluding hydrogens is 316 g/mol. The Hall–Kier alpha value is -1.44. The van der Waals surface area contributed by atoms with E-state index in [1.165, 1.54) is 0 Å². The molecule has 2 aliphatic rings. The molecule has 0 unspecified atom stereocenters. The van der Waals surface area contributed by atoms with Crippen LogP contribution in [0, 0.1) is 0 Å². The van der Waals surface area contributed by atoms with Crippen LogP contribution in [0.3, 0.4) is 0 Å². The molecule has 2 heterocycles. The number of aryl methyl sites for hydroxylation is 2. The van der Waals surface area contributed by atoms with Crippen LogP contribution in [0.5, 0.6) is 0 Å². The Kier molecular flexibility index (Phi) is 4.70. The molecule has 23 heavy (non-hydrogen) atoms. The summed E-state index contributed by atoms with van der Waals surface area (Å²) in [4.78, 5) is 14.2. The van der Waals surface area contributed by atoms with E-state index in [4.69, 9.17) is 4.74 Å². The van der Waals surface area contributed by atoms with Crippen molar-refractivity contribution in [1.29, 1.82) is 0 Å². The van der Waals surface area contributed by atoms with Gasteiger partial charge in [0.1, 0.15) is 0 Å². The van der Waals surface area contributed by atoms with Crippen molar-refractivity contribution in [3.63, 3.8) is 0 Å². The summed E-state index contributed by atoms with van der Waals surface area (Å²) >= 11 is 0. The van der Waals surface area contributed by atoms with Crippen LogP contribution in [0.25, 0.3) is 0 Å². The maximum atomic E-state index is 12.5. The van der Waals surface area contributed by atoms with Gasteiger partial charge in [0.25, 0.3) is 0 Å². The minimum Gasteiger partial charge on any atom is -0.385 e. The molecule has 1 aromatic rings. The normalized spacial score (nSPS) is 17.3. The zero-order chi connectivity index (χ0) is 16.4. The van der Waals surface area contributed by atoms with Crippen LogP contribution in [0.1, 0.15) is 30.4 Å². The summed E-state index contributed by atoms with van der Waals surface area (Å²) in [5.74, 6) is 0.145. The fourth-order valence-corrected chi connectivity index (χ4v) is 4.46. The fourth-order valence-electron chi connectivity index (χ4n) is 3.28. The van der Waals surface area contributed by atoms with Crippen molar-refractivity contribution in [2.45, 2.75) is 37.0 Å². The molecule has 0 spiro atoms. The fraction of sp³-hybridized carbons (Fsp3) is 0.562. The summed E-state index contributed by atoms with van der Waals surface area (Å²) in [6.07, 6.45) is 3.40. The lowest BCUT2D eigenvalue weighted by Gasteiger charge is -2.35. The third-order valence-corrected chi connectivity index (χ3v) is 5.82. The second-order valence-corrected chi connectivity index (χ2v) is 7.75. The Labute approximate surface area is 136 Å². The van der Waals surface area contributed by atoms with E-state index in [0.717, 1.165) is 36.2 Å².